The molecule has 1 atom stereocenters. The Morgan fingerprint density at radius 3 is 2.72 bits per heavy atom. The third-order valence-electron chi connectivity index (χ3n) is 4.96. The average Bonchev–Trinajstić information content (AvgIpc) is 2.73. The van der Waals surface area contributed by atoms with Gasteiger partial charge in [-0.1, -0.05) is 34.5 Å². The van der Waals surface area contributed by atoms with Gasteiger partial charge in [-0.2, -0.15) is 10.2 Å². The Morgan fingerprint density at radius 1 is 1.25 bits per heavy atom. The zero-order valence-electron chi connectivity index (χ0n) is 17.2. The van der Waals surface area contributed by atoms with Gasteiger partial charge in [0.2, 0.25) is 5.95 Å². The van der Waals surface area contributed by atoms with Crippen LogP contribution >= 0.6 is 22.4 Å². The summed E-state index contributed by atoms with van der Waals surface area (Å²) in [6, 6.07) is 10.1. The first-order valence-electron chi connectivity index (χ1n) is 9.53. The summed E-state index contributed by atoms with van der Waals surface area (Å²) >= 11 is 6.36. The van der Waals surface area contributed by atoms with Crippen LogP contribution in [-0.2, 0) is 0 Å². The van der Waals surface area contributed by atoms with E-state index in [1.165, 1.54) is 10.5 Å². The molecule has 1 aliphatic heterocycles. The first-order chi connectivity index (χ1) is 15.2. The summed E-state index contributed by atoms with van der Waals surface area (Å²) in [4.78, 5) is 12.6. The Balaban J connectivity index is 1.86. The van der Waals surface area contributed by atoms with E-state index in [2.05, 4.69) is 26.3 Å². The number of hydrogen-bond acceptors (Lipinski definition) is 9. The highest BCUT2D eigenvalue weighted by atomic mass is 35.5. The zero-order valence-corrected chi connectivity index (χ0v) is 18.8. The Kier molecular flexibility index (Phi) is 5.66. The third-order valence-corrected chi connectivity index (χ3v) is 7.32. The van der Waals surface area contributed by atoms with Gasteiger partial charge >= 0.3 is 0 Å². The van der Waals surface area contributed by atoms with Gasteiger partial charge in [0.05, 0.1) is 34.3 Å². The lowest BCUT2D eigenvalue weighted by atomic mass is 10.1. The van der Waals surface area contributed by atoms with Crippen molar-refractivity contribution in [1.82, 2.24) is 15.0 Å². The molecule has 0 radical (unpaired) electrons. The number of nitrogen functional groups attached to an aromatic ring is 1. The number of aryl methyl sites for hydroxylation is 1. The van der Waals surface area contributed by atoms with Crippen LogP contribution in [0.25, 0.3) is 6.08 Å². The minimum absolute atomic E-state index is 0.0272. The predicted octanol–water partition coefficient (Wildman–Crippen LogP) is 4.67. The topological polar surface area (TPSA) is 144 Å². The fraction of sp³-hybridized carbons (Fsp3) is 0.143. The molecular weight excluding hydrogens is 450 g/mol. The summed E-state index contributed by atoms with van der Waals surface area (Å²) in [7, 11) is -3.55. The highest BCUT2D eigenvalue weighted by molar-refractivity contribution is 8.25. The lowest BCUT2D eigenvalue weighted by molar-refractivity contribution is 0.483. The van der Waals surface area contributed by atoms with Crippen LogP contribution in [0.15, 0.2) is 53.3 Å². The maximum absolute atomic E-state index is 11.4. The van der Waals surface area contributed by atoms with Crippen LogP contribution < -0.4 is 15.4 Å². The van der Waals surface area contributed by atoms with Crippen LogP contribution in [0.4, 0.5) is 17.5 Å². The van der Waals surface area contributed by atoms with Crippen molar-refractivity contribution in [3.8, 4) is 6.07 Å². The molecule has 0 spiro atoms. The summed E-state index contributed by atoms with van der Waals surface area (Å²) in [5.41, 5.74) is 8.05. The molecule has 0 amide bonds. The SMILES string of the molecule is Cc1nc(N)nc(N[C@@H](C)C2=Cc3cccc(Cl)c3S(O)(O)N2c2cccnc2)c1C#N. The Hall–Kier alpha value is -3.36. The van der Waals surface area contributed by atoms with Gasteiger partial charge in [-0.25, -0.2) is 9.29 Å². The van der Waals surface area contributed by atoms with Crippen molar-refractivity contribution in [3.63, 3.8) is 0 Å². The van der Waals surface area contributed by atoms with E-state index >= 15 is 0 Å². The van der Waals surface area contributed by atoms with Gasteiger partial charge in [-0.15, -0.1) is 0 Å². The van der Waals surface area contributed by atoms with Crippen LogP contribution in [-0.4, -0.2) is 30.1 Å². The second-order valence-corrected chi connectivity index (χ2v) is 9.34. The number of rotatable bonds is 4. The fourth-order valence-corrected chi connectivity index (χ4v) is 5.92. The molecule has 0 unspecified atom stereocenters. The molecule has 9 nitrogen and oxygen atoms in total. The van der Waals surface area contributed by atoms with E-state index < -0.39 is 16.8 Å². The summed E-state index contributed by atoms with van der Waals surface area (Å²) < 4.78 is 24.2. The minimum atomic E-state index is -3.55. The van der Waals surface area contributed by atoms with Gasteiger partial charge in [0, 0.05) is 11.8 Å². The van der Waals surface area contributed by atoms with Gasteiger partial charge in [0.1, 0.15) is 22.3 Å². The molecule has 32 heavy (non-hydrogen) atoms. The van der Waals surface area contributed by atoms with Crippen molar-refractivity contribution in [3.05, 3.63) is 70.3 Å². The number of nitrogens with one attached hydrogen (secondary N) is 1. The van der Waals surface area contributed by atoms with Gasteiger partial charge in [0.15, 0.2) is 0 Å². The predicted molar refractivity (Wildman–Crippen MR) is 126 cm³/mol. The van der Waals surface area contributed by atoms with Crippen LogP contribution in [0.3, 0.4) is 0 Å². The third kappa shape index (κ3) is 3.72. The van der Waals surface area contributed by atoms with E-state index in [0.717, 1.165) is 0 Å². The lowest BCUT2D eigenvalue weighted by Crippen LogP contribution is -2.37. The lowest BCUT2D eigenvalue weighted by Gasteiger charge is -2.49. The Morgan fingerprint density at radius 2 is 2.03 bits per heavy atom. The number of aromatic nitrogens is 3. The number of nitrogens with two attached hydrogens (primary N) is 1. The van der Waals surface area contributed by atoms with Crippen LogP contribution in [0, 0.1) is 18.3 Å². The molecule has 0 aliphatic carbocycles. The van der Waals surface area contributed by atoms with Gasteiger partial charge in [0.25, 0.3) is 0 Å². The second kappa shape index (κ2) is 8.29. The molecule has 0 saturated heterocycles. The smallest absolute Gasteiger partial charge is 0.222 e. The highest BCUT2D eigenvalue weighted by Gasteiger charge is 2.38. The average molecular weight is 470 g/mol. The maximum atomic E-state index is 11.4. The summed E-state index contributed by atoms with van der Waals surface area (Å²) in [5, 5.41) is 13.0. The molecule has 1 aromatic carbocycles. The van der Waals surface area contributed by atoms with Crippen LogP contribution in [0.5, 0.6) is 0 Å². The first kappa shape index (κ1) is 21.9. The van der Waals surface area contributed by atoms with Crippen molar-refractivity contribution in [2.45, 2.75) is 24.8 Å². The van der Waals surface area contributed by atoms with E-state index in [-0.39, 0.29) is 27.2 Å². The fourth-order valence-electron chi connectivity index (χ4n) is 3.57. The van der Waals surface area contributed by atoms with Crippen molar-refractivity contribution in [2.24, 2.45) is 0 Å². The number of pyridine rings is 1. The van der Waals surface area contributed by atoms with Crippen molar-refractivity contribution in [1.29, 1.82) is 5.26 Å². The van der Waals surface area contributed by atoms with Crippen molar-refractivity contribution < 1.29 is 9.11 Å². The number of halogens is 1. The first-order valence-corrected chi connectivity index (χ1v) is 11.4. The van der Waals surface area contributed by atoms with Gasteiger partial charge in [-0.3, -0.25) is 14.1 Å². The quantitative estimate of drug-likeness (QED) is 0.428. The maximum Gasteiger partial charge on any atom is 0.222 e. The molecule has 0 bridgehead atoms. The Bertz CT molecular complexity index is 1260. The summed E-state index contributed by atoms with van der Waals surface area (Å²) in [6.45, 7) is 3.48. The van der Waals surface area contributed by atoms with E-state index in [9.17, 15) is 14.4 Å². The molecule has 0 saturated carbocycles. The number of benzene rings is 1. The highest BCUT2D eigenvalue weighted by Crippen LogP contribution is 2.61. The van der Waals surface area contributed by atoms with Gasteiger partial charge < -0.3 is 11.1 Å². The van der Waals surface area contributed by atoms with Crippen molar-refractivity contribution >= 4 is 45.9 Å². The molecular formula is C21H20ClN7O2S. The monoisotopic (exact) mass is 469 g/mol. The van der Waals surface area contributed by atoms with Crippen molar-refractivity contribution in [2.75, 3.05) is 15.4 Å². The zero-order chi connectivity index (χ0) is 23.0. The Labute approximate surface area is 191 Å². The number of fused-ring (bicyclic) bond motifs is 1. The number of nitriles is 1. The molecule has 5 N–H and O–H groups in total. The number of nitrogens with zero attached hydrogens (tertiary/aromatic N) is 5. The summed E-state index contributed by atoms with van der Waals surface area (Å²) in [6.07, 6.45) is 4.94. The molecule has 3 heterocycles. The molecule has 3 aromatic rings. The molecule has 11 heteroatoms. The van der Waals surface area contributed by atoms with Crippen LogP contribution in [0.1, 0.15) is 23.7 Å². The molecule has 4 rings (SSSR count). The second-order valence-electron chi connectivity index (χ2n) is 7.12. The normalized spacial score (nSPS) is 16.4. The van der Waals surface area contributed by atoms with E-state index in [1.807, 2.05) is 13.0 Å². The summed E-state index contributed by atoms with van der Waals surface area (Å²) in [5.74, 6) is 0.282. The molecule has 2 aromatic heterocycles. The largest absolute Gasteiger partial charge is 0.368 e. The van der Waals surface area contributed by atoms with Gasteiger partial charge in [-0.05, 0) is 38.1 Å². The number of anilines is 3. The van der Waals surface area contributed by atoms with E-state index in [4.69, 9.17) is 17.3 Å². The standard InChI is InChI=1S/C21H20ClN7O2S/c1-12-16(10-23)20(28-21(24)27-12)26-13(2)18-9-14-5-3-7-17(22)19(14)32(30,31)29(18)15-6-4-8-25-11-15/h3-9,11,13,30-31H,1-2H3,(H3,24,26,27,28)/t13-/m0/s1. The molecule has 1 aliphatic rings. The van der Waals surface area contributed by atoms with E-state index in [1.54, 1.807) is 43.5 Å². The number of hydrogen-bond donors (Lipinski definition) is 4. The van der Waals surface area contributed by atoms with Crippen LogP contribution in [0.2, 0.25) is 5.02 Å². The van der Waals surface area contributed by atoms with E-state index in [0.29, 0.717) is 22.6 Å². The molecule has 0 fully saturated rings. The molecule has 164 valence electrons. The minimum Gasteiger partial charge on any atom is -0.368 e.